The minimum atomic E-state index is -1.04. The fourth-order valence-corrected chi connectivity index (χ4v) is 5.10. The summed E-state index contributed by atoms with van der Waals surface area (Å²) < 4.78 is 12.2. The first-order valence-electron chi connectivity index (χ1n) is 10.6. The van der Waals surface area contributed by atoms with Crippen molar-refractivity contribution in [3.8, 4) is 11.5 Å². The van der Waals surface area contributed by atoms with Crippen LogP contribution in [0.3, 0.4) is 0 Å². The standard InChI is InChI=1S/C26H20BrClN2O5S/c1-30-24(31)22(36-26(30)29-18-8-5-7-16(13-18)25(32)33)12-15-10-19(27)23(21(11-15)34-2)35-14-17-6-3-4-9-20(17)28/h3-13H,14H2,1-2H3,(H,32,33). The molecular formula is C26H20BrClN2O5S. The van der Waals surface area contributed by atoms with Crippen LogP contribution >= 0.6 is 39.3 Å². The number of hydrogen-bond donors (Lipinski definition) is 1. The van der Waals surface area contributed by atoms with Crippen LogP contribution in [0.15, 0.2) is 75.0 Å². The molecule has 0 radical (unpaired) electrons. The number of likely N-dealkylation sites (N-methyl/N-ethyl adjacent to an activating group) is 1. The highest BCUT2D eigenvalue weighted by Crippen LogP contribution is 2.40. The van der Waals surface area contributed by atoms with Gasteiger partial charge in [-0.25, -0.2) is 9.79 Å². The number of methoxy groups -OCH3 is 1. The van der Waals surface area contributed by atoms with Crippen LogP contribution in [-0.4, -0.2) is 41.2 Å². The number of carboxylic acids is 1. The third kappa shape index (κ3) is 5.75. The van der Waals surface area contributed by atoms with Crippen LogP contribution in [0, 0.1) is 0 Å². The van der Waals surface area contributed by atoms with E-state index in [1.807, 2.05) is 24.3 Å². The van der Waals surface area contributed by atoms with Crippen molar-refractivity contribution in [3.63, 3.8) is 0 Å². The molecule has 1 aliphatic heterocycles. The molecule has 0 saturated carbocycles. The molecule has 36 heavy (non-hydrogen) atoms. The van der Waals surface area contributed by atoms with E-state index in [4.69, 9.17) is 21.1 Å². The largest absolute Gasteiger partial charge is 0.493 e. The number of carbonyl (C=O) groups is 2. The first-order valence-corrected chi connectivity index (χ1v) is 12.6. The Kier molecular flexibility index (Phi) is 8.03. The molecule has 7 nitrogen and oxygen atoms in total. The molecule has 1 saturated heterocycles. The van der Waals surface area contributed by atoms with Crippen LogP contribution in [0.5, 0.6) is 11.5 Å². The molecule has 0 atom stereocenters. The SMILES string of the molecule is COc1cc(C=C2SC(=Nc3cccc(C(=O)O)c3)N(C)C2=O)cc(Br)c1OCc1ccccc1Cl. The number of hydrogen-bond acceptors (Lipinski definition) is 6. The molecule has 10 heteroatoms. The summed E-state index contributed by atoms with van der Waals surface area (Å²) in [7, 11) is 3.17. The molecule has 1 aliphatic rings. The van der Waals surface area contributed by atoms with Gasteiger partial charge in [-0.3, -0.25) is 9.69 Å². The molecule has 0 unspecified atom stereocenters. The second-order valence-electron chi connectivity index (χ2n) is 7.64. The van der Waals surface area contributed by atoms with Crippen molar-refractivity contribution in [2.45, 2.75) is 6.61 Å². The van der Waals surface area contributed by atoms with Crippen LogP contribution in [0.25, 0.3) is 6.08 Å². The van der Waals surface area contributed by atoms with Gasteiger partial charge in [-0.05, 0) is 75.7 Å². The first kappa shape index (κ1) is 25.8. The van der Waals surface area contributed by atoms with Gasteiger partial charge in [-0.1, -0.05) is 35.9 Å². The van der Waals surface area contributed by atoms with E-state index in [9.17, 15) is 14.7 Å². The molecule has 1 fully saturated rings. The summed E-state index contributed by atoms with van der Waals surface area (Å²) in [5, 5.41) is 10.3. The van der Waals surface area contributed by atoms with Crippen LogP contribution in [0.4, 0.5) is 5.69 Å². The van der Waals surface area contributed by atoms with Gasteiger partial charge in [0.15, 0.2) is 16.7 Å². The van der Waals surface area contributed by atoms with Gasteiger partial charge in [0.1, 0.15) is 6.61 Å². The average molecular weight is 588 g/mol. The number of ether oxygens (including phenoxy) is 2. The summed E-state index contributed by atoms with van der Waals surface area (Å²) in [6, 6.07) is 17.3. The maximum atomic E-state index is 12.9. The fourth-order valence-electron chi connectivity index (χ4n) is 3.35. The second-order valence-corrected chi connectivity index (χ2v) is 9.91. The Morgan fingerprint density at radius 2 is 1.97 bits per heavy atom. The van der Waals surface area contributed by atoms with E-state index in [0.29, 0.717) is 36.8 Å². The number of amides is 1. The maximum Gasteiger partial charge on any atom is 0.335 e. The van der Waals surface area contributed by atoms with Gasteiger partial charge in [0.2, 0.25) is 0 Å². The molecule has 1 N–H and O–H groups in total. The van der Waals surface area contributed by atoms with Gasteiger partial charge >= 0.3 is 5.97 Å². The Balaban J connectivity index is 1.58. The van der Waals surface area contributed by atoms with Crippen LogP contribution in [-0.2, 0) is 11.4 Å². The lowest BCUT2D eigenvalue weighted by atomic mass is 10.1. The smallest absolute Gasteiger partial charge is 0.335 e. The third-order valence-electron chi connectivity index (χ3n) is 5.20. The maximum absolute atomic E-state index is 12.9. The lowest BCUT2D eigenvalue weighted by Gasteiger charge is -2.14. The summed E-state index contributed by atoms with van der Waals surface area (Å²) >= 11 is 11.0. The molecule has 184 valence electrons. The van der Waals surface area contributed by atoms with Gasteiger partial charge in [0.05, 0.1) is 27.7 Å². The number of thioether (sulfide) groups is 1. The predicted octanol–water partition coefficient (Wildman–Crippen LogP) is 6.62. The molecule has 0 aromatic heterocycles. The molecule has 1 heterocycles. The Labute approximate surface area is 225 Å². The quantitative estimate of drug-likeness (QED) is 0.313. The number of carboxylic acid groups (broad SMARTS) is 1. The summed E-state index contributed by atoms with van der Waals surface area (Å²) in [6.07, 6.45) is 1.74. The predicted molar refractivity (Wildman–Crippen MR) is 145 cm³/mol. The fraction of sp³-hybridized carbons (Fsp3) is 0.115. The molecule has 1 amide bonds. The van der Waals surface area contributed by atoms with E-state index in [1.54, 1.807) is 44.5 Å². The number of aliphatic imine (C=N–C) groups is 1. The minimum absolute atomic E-state index is 0.124. The molecular weight excluding hydrogens is 568 g/mol. The van der Waals surface area contributed by atoms with Crippen molar-refractivity contribution < 1.29 is 24.2 Å². The second kappa shape index (κ2) is 11.2. The zero-order valence-corrected chi connectivity index (χ0v) is 22.4. The molecule has 3 aromatic rings. The Morgan fingerprint density at radius 3 is 2.69 bits per heavy atom. The molecule has 4 rings (SSSR count). The number of nitrogens with zero attached hydrogens (tertiary/aromatic N) is 2. The molecule has 0 aliphatic carbocycles. The number of aromatic carboxylic acids is 1. The van der Waals surface area contributed by atoms with E-state index in [1.165, 1.54) is 28.8 Å². The minimum Gasteiger partial charge on any atom is -0.493 e. The van der Waals surface area contributed by atoms with Gasteiger partial charge in [-0.2, -0.15) is 0 Å². The van der Waals surface area contributed by atoms with E-state index in [2.05, 4.69) is 20.9 Å². The van der Waals surface area contributed by atoms with Crippen molar-refractivity contribution in [2.75, 3.05) is 14.2 Å². The average Bonchev–Trinajstić information content (AvgIpc) is 3.11. The highest BCUT2D eigenvalue weighted by Gasteiger charge is 2.30. The summed E-state index contributed by atoms with van der Waals surface area (Å²) in [5.74, 6) is -0.253. The Morgan fingerprint density at radius 1 is 1.19 bits per heavy atom. The van der Waals surface area contributed by atoms with Gasteiger partial charge < -0.3 is 14.6 Å². The van der Waals surface area contributed by atoms with Gasteiger partial charge in [-0.15, -0.1) is 0 Å². The lowest BCUT2D eigenvalue weighted by Crippen LogP contribution is -2.23. The number of rotatable bonds is 7. The van der Waals surface area contributed by atoms with Crippen LogP contribution < -0.4 is 9.47 Å². The summed E-state index contributed by atoms with van der Waals surface area (Å²) in [5.41, 5.74) is 2.14. The van der Waals surface area contributed by atoms with Crippen molar-refractivity contribution in [1.82, 2.24) is 4.90 Å². The zero-order chi connectivity index (χ0) is 25.8. The van der Waals surface area contributed by atoms with E-state index in [0.717, 1.165) is 11.1 Å². The number of carbonyl (C=O) groups excluding carboxylic acids is 1. The van der Waals surface area contributed by atoms with Crippen LogP contribution in [0.1, 0.15) is 21.5 Å². The molecule has 3 aromatic carbocycles. The topological polar surface area (TPSA) is 88.4 Å². The number of benzene rings is 3. The van der Waals surface area contributed by atoms with E-state index in [-0.39, 0.29) is 18.1 Å². The molecule has 0 bridgehead atoms. The van der Waals surface area contributed by atoms with Gasteiger partial charge in [0.25, 0.3) is 5.91 Å². The van der Waals surface area contributed by atoms with E-state index < -0.39 is 5.97 Å². The Hall–Kier alpha value is -3.27. The number of halogens is 2. The normalized spacial score (nSPS) is 15.6. The summed E-state index contributed by atoms with van der Waals surface area (Å²) in [6.45, 7) is 0.261. The highest BCUT2D eigenvalue weighted by atomic mass is 79.9. The monoisotopic (exact) mass is 586 g/mol. The van der Waals surface area contributed by atoms with Gasteiger partial charge in [0, 0.05) is 17.6 Å². The van der Waals surface area contributed by atoms with Crippen LogP contribution in [0.2, 0.25) is 5.02 Å². The van der Waals surface area contributed by atoms with E-state index >= 15 is 0 Å². The first-order chi connectivity index (χ1) is 17.3. The lowest BCUT2D eigenvalue weighted by molar-refractivity contribution is -0.121. The highest BCUT2D eigenvalue weighted by molar-refractivity contribution is 9.10. The van der Waals surface area contributed by atoms with Crippen molar-refractivity contribution in [1.29, 1.82) is 0 Å². The summed E-state index contributed by atoms with van der Waals surface area (Å²) in [4.78, 5) is 30.5. The van der Waals surface area contributed by atoms with Crippen molar-refractivity contribution >= 4 is 68.1 Å². The molecule has 0 spiro atoms. The zero-order valence-electron chi connectivity index (χ0n) is 19.2. The third-order valence-corrected chi connectivity index (χ3v) is 7.22. The Bertz CT molecular complexity index is 1410. The number of amidine groups is 1. The van der Waals surface area contributed by atoms with Crippen molar-refractivity contribution in [2.24, 2.45) is 4.99 Å². The van der Waals surface area contributed by atoms with Crippen molar-refractivity contribution in [3.05, 3.63) is 91.8 Å².